The number of hydrogen-bond donors (Lipinski definition) is 0. The summed E-state index contributed by atoms with van der Waals surface area (Å²) < 4.78 is 15.9. The van der Waals surface area contributed by atoms with Crippen LogP contribution in [0.25, 0.3) is 0 Å². The minimum atomic E-state index is -0.494. The largest absolute Gasteiger partial charge is 0.494 e. The number of ketones is 1. The molecule has 0 radical (unpaired) electrons. The summed E-state index contributed by atoms with van der Waals surface area (Å²) in [5, 5.41) is 0. The van der Waals surface area contributed by atoms with Crippen LogP contribution in [0.2, 0.25) is 0 Å². The van der Waals surface area contributed by atoms with E-state index in [1.54, 1.807) is 48.5 Å². The Bertz CT molecular complexity index is 897. The summed E-state index contributed by atoms with van der Waals surface area (Å²) in [6.45, 7) is 7.75. The molecule has 0 N–H and O–H groups in total. The highest BCUT2D eigenvalue weighted by atomic mass is 16.5. The van der Waals surface area contributed by atoms with Crippen molar-refractivity contribution in [1.82, 2.24) is 0 Å². The lowest BCUT2D eigenvalue weighted by atomic mass is 10.1. The highest BCUT2D eigenvalue weighted by Crippen LogP contribution is 2.17. The third-order valence-corrected chi connectivity index (χ3v) is 4.34. The van der Waals surface area contributed by atoms with Gasteiger partial charge in [0.1, 0.15) is 11.5 Å². The predicted molar refractivity (Wildman–Crippen MR) is 117 cm³/mol. The second-order valence-corrected chi connectivity index (χ2v) is 6.64. The molecule has 0 amide bonds. The van der Waals surface area contributed by atoms with Crippen molar-refractivity contribution in [3.05, 3.63) is 85.0 Å². The molecule has 2 rings (SSSR count). The molecule has 6 heteroatoms. The standard InChI is InChI=1S/C25H26O6/c1-3-23(26)19-9-15-22(16-10-19)31-25(28)20-11-13-21(14-12-20)29-17-7-5-6-8-18-30-24(27)4-2/h3-4,9-16H,1-2,5-8,17-18H2. The van der Waals surface area contributed by atoms with Crippen molar-refractivity contribution in [2.75, 3.05) is 13.2 Å². The molecule has 0 spiro atoms. The van der Waals surface area contributed by atoms with Gasteiger partial charge < -0.3 is 14.2 Å². The van der Waals surface area contributed by atoms with Gasteiger partial charge in [0.05, 0.1) is 18.8 Å². The molecule has 0 heterocycles. The van der Waals surface area contributed by atoms with Crippen molar-refractivity contribution >= 4 is 17.7 Å². The van der Waals surface area contributed by atoms with Crippen LogP contribution in [-0.4, -0.2) is 30.9 Å². The van der Waals surface area contributed by atoms with E-state index in [1.165, 1.54) is 6.08 Å². The zero-order valence-electron chi connectivity index (χ0n) is 17.4. The van der Waals surface area contributed by atoms with Gasteiger partial charge in [-0.2, -0.15) is 0 Å². The Morgan fingerprint density at radius 1 is 0.710 bits per heavy atom. The topological polar surface area (TPSA) is 78.9 Å². The SMILES string of the molecule is C=CC(=O)OCCCCCCOc1ccc(C(=O)Oc2ccc(C(=O)C=C)cc2)cc1. The van der Waals surface area contributed by atoms with Gasteiger partial charge >= 0.3 is 11.9 Å². The van der Waals surface area contributed by atoms with Gasteiger partial charge in [0.2, 0.25) is 0 Å². The number of ether oxygens (including phenoxy) is 3. The van der Waals surface area contributed by atoms with Gasteiger partial charge in [0.25, 0.3) is 0 Å². The molecule has 162 valence electrons. The summed E-state index contributed by atoms with van der Waals surface area (Å²) in [4.78, 5) is 34.7. The number of hydrogen-bond acceptors (Lipinski definition) is 6. The Morgan fingerprint density at radius 2 is 1.29 bits per heavy atom. The van der Waals surface area contributed by atoms with E-state index in [4.69, 9.17) is 14.2 Å². The van der Waals surface area contributed by atoms with Crippen molar-refractivity contribution in [3.63, 3.8) is 0 Å². The monoisotopic (exact) mass is 422 g/mol. The van der Waals surface area contributed by atoms with Gasteiger partial charge in [-0.15, -0.1) is 0 Å². The maximum atomic E-state index is 12.3. The number of allylic oxidation sites excluding steroid dienone is 1. The molecule has 0 aliphatic carbocycles. The van der Waals surface area contributed by atoms with Crippen molar-refractivity contribution in [1.29, 1.82) is 0 Å². The zero-order chi connectivity index (χ0) is 22.5. The summed E-state index contributed by atoms with van der Waals surface area (Å²) in [6, 6.07) is 13.0. The molecule has 2 aromatic carbocycles. The maximum Gasteiger partial charge on any atom is 0.343 e. The fraction of sp³-hybridized carbons (Fsp3) is 0.240. The summed E-state index contributed by atoms with van der Waals surface area (Å²) in [7, 11) is 0. The van der Waals surface area contributed by atoms with Gasteiger partial charge in [-0.05, 0) is 80.3 Å². The first-order chi connectivity index (χ1) is 15.0. The van der Waals surface area contributed by atoms with Crippen LogP contribution in [0.1, 0.15) is 46.4 Å². The average Bonchev–Trinajstić information content (AvgIpc) is 2.80. The van der Waals surface area contributed by atoms with Crippen LogP contribution < -0.4 is 9.47 Å². The number of carbonyl (C=O) groups excluding carboxylic acids is 3. The number of carbonyl (C=O) groups is 3. The molecule has 0 unspecified atom stereocenters. The minimum Gasteiger partial charge on any atom is -0.494 e. The van der Waals surface area contributed by atoms with E-state index >= 15 is 0 Å². The van der Waals surface area contributed by atoms with Crippen LogP contribution in [0.15, 0.2) is 73.8 Å². The average molecular weight is 422 g/mol. The molecule has 0 fully saturated rings. The van der Waals surface area contributed by atoms with Gasteiger partial charge in [-0.3, -0.25) is 4.79 Å². The second kappa shape index (κ2) is 12.8. The van der Waals surface area contributed by atoms with Gasteiger partial charge in [0, 0.05) is 11.6 Å². The van der Waals surface area contributed by atoms with Crippen LogP contribution in [0, 0.1) is 0 Å². The van der Waals surface area contributed by atoms with Gasteiger partial charge in [-0.1, -0.05) is 13.2 Å². The molecule has 0 aliphatic rings. The van der Waals surface area contributed by atoms with Crippen molar-refractivity contribution in [2.24, 2.45) is 0 Å². The molecule has 31 heavy (non-hydrogen) atoms. The van der Waals surface area contributed by atoms with E-state index in [1.807, 2.05) is 0 Å². The maximum absolute atomic E-state index is 12.3. The van der Waals surface area contributed by atoms with Crippen LogP contribution in [0.4, 0.5) is 0 Å². The molecule has 0 atom stereocenters. The summed E-state index contributed by atoms with van der Waals surface area (Å²) in [6.07, 6.45) is 5.99. The summed E-state index contributed by atoms with van der Waals surface area (Å²) in [5.74, 6) is -0.0588. The van der Waals surface area contributed by atoms with E-state index in [0.29, 0.717) is 35.8 Å². The number of rotatable bonds is 13. The van der Waals surface area contributed by atoms with E-state index in [0.717, 1.165) is 31.8 Å². The first kappa shape index (κ1) is 23.6. The molecule has 0 bridgehead atoms. The van der Waals surface area contributed by atoms with E-state index < -0.39 is 11.9 Å². The molecule has 0 saturated carbocycles. The Balaban J connectivity index is 1.69. The van der Waals surface area contributed by atoms with E-state index in [2.05, 4.69) is 13.2 Å². The Hall–Kier alpha value is -3.67. The molecular weight excluding hydrogens is 396 g/mol. The lowest BCUT2D eigenvalue weighted by Gasteiger charge is -2.08. The quantitative estimate of drug-likeness (QED) is 0.150. The Kier molecular flexibility index (Phi) is 9.75. The Labute approximate surface area is 182 Å². The first-order valence-electron chi connectivity index (χ1n) is 10.0. The summed E-state index contributed by atoms with van der Waals surface area (Å²) in [5.41, 5.74) is 0.875. The van der Waals surface area contributed by atoms with Crippen LogP contribution in [0.3, 0.4) is 0 Å². The van der Waals surface area contributed by atoms with Crippen LogP contribution in [-0.2, 0) is 9.53 Å². The van der Waals surface area contributed by atoms with Crippen molar-refractivity contribution in [2.45, 2.75) is 25.7 Å². The molecule has 6 nitrogen and oxygen atoms in total. The highest BCUT2D eigenvalue weighted by Gasteiger charge is 2.10. The van der Waals surface area contributed by atoms with Gasteiger partial charge in [-0.25, -0.2) is 9.59 Å². The number of unbranched alkanes of at least 4 members (excludes halogenated alkanes) is 3. The zero-order valence-corrected chi connectivity index (χ0v) is 17.4. The summed E-state index contributed by atoms with van der Waals surface area (Å²) >= 11 is 0. The third-order valence-electron chi connectivity index (χ3n) is 4.34. The normalized spacial score (nSPS) is 10.1. The first-order valence-corrected chi connectivity index (χ1v) is 10.0. The Morgan fingerprint density at radius 3 is 1.90 bits per heavy atom. The molecule has 0 aliphatic heterocycles. The molecular formula is C25H26O6. The molecule has 0 saturated heterocycles. The fourth-order valence-corrected chi connectivity index (χ4v) is 2.64. The fourth-order valence-electron chi connectivity index (χ4n) is 2.64. The van der Waals surface area contributed by atoms with Crippen molar-refractivity contribution in [3.8, 4) is 11.5 Å². The van der Waals surface area contributed by atoms with Crippen LogP contribution in [0.5, 0.6) is 11.5 Å². The third kappa shape index (κ3) is 8.30. The predicted octanol–water partition coefficient (Wildman–Crippen LogP) is 4.94. The number of benzene rings is 2. The number of esters is 2. The lowest BCUT2D eigenvalue weighted by molar-refractivity contribution is -0.137. The van der Waals surface area contributed by atoms with Crippen molar-refractivity contribution < 1.29 is 28.6 Å². The lowest BCUT2D eigenvalue weighted by Crippen LogP contribution is -2.08. The molecule has 2 aromatic rings. The molecule has 0 aromatic heterocycles. The van der Waals surface area contributed by atoms with Crippen LogP contribution >= 0.6 is 0 Å². The minimum absolute atomic E-state index is 0.192. The van der Waals surface area contributed by atoms with Gasteiger partial charge in [0.15, 0.2) is 5.78 Å². The second-order valence-electron chi connectivity index (χ2n) is 6.64. The smallest absolute Gasteiger partial charge is 0.343 e. The highest BCUT2D eigenvalue weighted by molar-refractivity contribution is 6.04. The van der Waals surface area contributed by atoms with E-state index in [9.17, 15) is 14.4 Å². The van der Waals surface area contributed by atoms with E-state index in [-0.39, 0.29) is 5.78 Å².